The van der Waals surface area contributed by atoms with Crippen molar-refractivity contribution in [2.45, 2.75) is 38.1 Å². The van der Waals surface area contributed by atoms with Crippen molar-refractivity contribution in [1.82, 2.24) is 10.2 Å². The van der Waals surface area contributed by atoms with Gasteiger partial charge in [0.05, 0.1) is 0 Å². The highest BCUT2D eigenvalue weighted by molar-refractivity contribution is 6.06. The maximum absolute atomic E-state index is 12.3. The summed E-state index contributed by atoms with van der Waals surface area (Å²) >= 11 is 0. The SMILES string of the molecule is CNC(=O)C1CCCCN1C(=O)C1(C(=O)O)CC1. The van der Waals surface area contributed by atoms with Crippen molar-refractivity contribution < 1.29 is 19.5 Å². The molecule has 0 bridgehead atoms. The molecule has 100 valence electrons. The minimum Gasteiger partial charge on any atom is -0.480 e. The van der Waals surface area contributed by atoms with E-state index in [0.29, 0.717) is 25.8 Å². The van der Waals surface area contributed by atoms with E-state index >= 15 is 0 Å². The number of carboxylic acids is 1. The summed E-state index contributed by atoms with van der Waals surface area (Å²) < 4.78 is 0. The number of piperidine rings is 1. The number of carbonyl (C=O) groups excluding carboxylic acids is 2. The monoisotopic (exact) mass is 254 g/mol. The van der Waals surface area contributed by atoms with Crippen molar-refractivity contribution in [3.8, 4) is 0 Å². The molecule has 2 amide bonds. The average Bonchev–Trinajstić information content (AvgIpc) is 3.18. The van der Waals surface area contributed by atoms with Crippen LogP contribution in [0.5, 0.6) is 0 Å². The molecule has 1 unspecified atom stereocenters. The Morgan fingerprint density at radius 2 is 1.94 bits per heavy atom. The first-order valence-corrected chi connectivity index (χ1v) is 6.29. The van der Waals surface area contributed by atoms with Gasteiger partial charge in [0.2, 0.25) is 11.8 Å². The number of nitrogens with one attached hydrogen (secondary N) is 1. The number of carboxylic acid groups (broad SMARTS) is 1. The van der Waals surface area contributed by atoms with Crippen LogP contribution in [0.3, 0.4) is 0 Å². The molecular weight excluding hydrogens is 236 g/mol. The van der Waals surface area contributed by atoms with Gasteiger partial charge in [0.25, 0.3) is 0 Å². The molecule has 1 heterocycles. The predicted octanol–water partition coefficient (Wildman–Crippen LogP) is -0.0217. The lowest BCUT2D eigenvalue weighted by atomic mass is 9.97. The van der Waals surface area contributed by atoms with Gasteiger partial charge in [-0.25, -0.2) is 0 Å². The van der Waals surface area contributed by atoms with Gasteiger partial charge in [-0.05, 0) is 32.1 Å². The van der Waals surface area contributed by atoms with E-state index in [1.54, 1.807) is 0 Å². The summed E-state index contributed by atoms with van der Waals surface area (Å²) in [5.41, 5.74) is -1.25. The van der Waals surface area contributed by atoms with Gasteiger partial charge in [-0.2, -0.15) is 0 Å². The minimum atomic E-state index is -1.25. The molecule has 18 heavy (non-hydrogen) atoms. The molecule has 6 nitrogen and oxygen atoms in total. The molecular formula is C12H18N2O4. The molecule has 1 aliphatic carbocycles. The maximum Gasteiger partial charge on any atom is 0.319 e. The summed E-state index contributed by atoms with van der Waals surface area (Å²) in [6.07, 6.45) is 3.11. The van der Waals surface area contributed by atoms with E-state index in [9.17, 15) is 14.4 Å². The van der Waals surface area contributed by atoms with Crippen molar-refractivity contribution in [1.29, 1.82) is 0 Å². The summed E-state index contributed by atoms with van der Waals surface area (Å²) in [6.45, 7) is 0.478. The molecule has 1 saturated heterocycles. The van der Waals surface area contributed by atoms with Crippen molar-refractivity contribution in [3.05, 3.63) is 0 Å². The maximum atomic E-state index is 12.3. The predicted molar refractivity (Wildman–Crippen MR) is 62.7 cm³/mol. The number of aliphatic carboxylic acids is 1. The highest BCUT2D eigenvalue weighted by Crippen LogP contribution is 2.48. The molecule has 0 aromatic carbocycles. The normalized spacial score (nSPS) is 25.4. The molecule has 2 fully saturated rings. The van der Waals surface area contributed by atoms with Crippen LogP contribution in [0.25, 0.3) is 0 Å². The van der Waals surface area contributed by atoms with Gasteiger partial charge >= 0.3 is 5.97 Å². The van der Waals surface area contributed by atoms with Crippen LogP contribution in [-0.2, 0) is 14.4 Å². The Kier molecular flexibility index (Phi) is 3.28. The third kappa shape index (κ3) is 1.95. The van der Waals surface area contributed by atoms with Gasteiger partial charge in [0.15, 0.2) is 0 Å². The van der Waals surface area contributed by atoms with Crippen molar-refractivity contribution in [2.75, 3.05) is 13.6 Å². The molecule has 1 saturated carbocycles. The van der Waals surface area contributed by atoms with Crippen molar-refractivity contribution in [3.63, 3.8) is 0 Å². The summed E-state index contributed by atoms with van der Waals surface area (Å²) in [5.74, 6) is -1.65. The van der Waals surface area contributed by atoms with Gasteiger partial charge in [-0.1, -0.05) is 0 Å². The van der Waals surface area contributed by atoms with Crippen LogP contribution in [-0.4, -0.2) is 47.4 Å². The molecule has 2 N–H and O–H groups in total. The van der Waals surface area contributed by atoms with E-state index in [0.717, 1.165) is 12.8 Å². The van der Waals surface area contributed by atoms with Crippen LogP contribution in [0.4, 0.5) is 0 Å². The largest absolute Gasteiger partial charge is 0.480 e. The molecule has 2 aliphatic rings. The zero-order valence-corrected chi connectivity index (χ0v) is 10.4. The lowest BCUT2D eigenvalue weighted by Crippen LogP contribution is -2.54. The van der Waals surface area contributed by atoms with Crippen LogP contribution in [0.15, 0.2) is 0 Å². The first-order chi connectivity index (χ1) is 8.53. The third-order valence-corrected chi connectivity index (χ3v) is 3.88. The topological polar surface area (TPSA) is 86.7 Å². The third-order valence-electron chi connectivity index (χ3n) is 3.88. The van der Waals surface area contributed by atoms with Gasteiger partial charge in [0, 0.05) is 13.6 Å². The van der Waals surface area contributed by atoms with E-state index in [-0.39, 0.29) is 11.8 Å². The summed E-state index contributed by atoms with van der Waals surface area (Å²) in [6, 6.07) is -0.506. The number of hydrogen-bond acceptors (Lipinski definition) is 3. The average molecular weight is 254 g/mol. The number of likely N-dealkylation sites (tertiary alicyclic amines) is 1. The van der Waals surface area contributed by atoms with Crippen LogP contribution >= 0.6 is 0 Å². The number of nitrogens with zero attached hydrogens (tertiary/aromatic N) is 1. The molecule has 1 aliphatic heterocycles. The van der Waals surface area contributed by atoms with E-state index in [2.05, 4.69) is 5.32 Å². The zero-order chi connectivity index (χ0) is 13.3. The van der Waals surface area contributed by atoms with Gasteiger partial charge in [0.1, 0.15) is 11.5 Å². The molecule has 0 spiro atoms. The Balaban J connectivity index is 2.17. The molecule has 1 atom stereocenters. The summed E-state index contributed by atoms with van der Waals surface area (Å²) in [4.78, 5) is 36.7. The molecule has 0 aromatic heterocycles. The highest BCUT2D eigenvalue weighted by Gasteiger charge is 2.59. The smallest absolute Gasteiger partial charge is 0.319 e. The Morgan fingerprint density at radius 3 is 2.44 bits per heavy atom. The summed E-state index contributed by atoms with van der Waals surface area (Å²) in [7, 11) is 1.53. The van der Waals surface area contributed by atoms with Crippen LogP contribution in [0.1, 0.15) is 32.1 Å². The second-order valence-corrected chi connectivity index (χ2v) is 5.01. The van der Waals surface area contributed by atoms with E-state index in [1.165, 1.54) is 11.9 Å². The fraction of sp³-hybridized carbons (Fsp3) is 0.750. The molecule has 6 heteroatoms. The Hall–Kier alpha value is -1.59. The van der Waals surface area contributed by atoms with Crippen LogP contribution in [0.2, 0.25) is 0 Å². The standard InChI is InChI=1S/C12H18N2O4/c1-13-9(15)8-4-2-3-7-14(8)10(16)12(5-6-12)11(17)18/h8H,2-7H2,1H3,(H,13,15)(H,17,18). The number of likely N-dealkylation sites (N-methyl/N-ethyl adjacent to an activating group) is 1. The Labute approximate surface area is 105 Å². The first-order valence-electron chi connectivity index (χ1n) is 6.29. The Morgan fingerprint density at radius 1 is 1.28 bits per heavy atom. The number of amides is 2. The zero-order valence-electron chi connectivity index (χ0n) is 10.4. The quantitative estimate of drug-likeness (QED) is 0.693. The summed E-state index contributed by atoms with van der Waals surface area (Å²) in [5, 5.41) is 11.7. The van der Waals surface area contributed by atoms with Gasteiger partial charge in [-0.3, -0.25) is 14.4 Å². The van der Waals surface area contributed by atoms with Crippen molar-refractivity contribution in [2.24, 2.45) is 5.41 Å². The molecule has 0 aromatic rings. The number of rotatable bonds is 3. The van der Waals surface area contributed by atoms with Crippen LogP contribution in [0, 0.1) is 5.41 Å². The van der Waals surface area contributed by atoms with Crippen molar-refractivity contribution >= 4 is 17.8 Å². The van der Waals surface area contributed by atoms with E-state index in [1.807, 2.05) is 0 Å². The Bertz CT molecular complexity index is 390. The van der Waals surface area contributed by atoms with E-state index in [4.69, 9.17) is 5.11 Å². The first kappa shape index (κ1) is 12.9. The van der Waals surface area contributed by atoms with E-state index < -0.39 is 17.4 Å². The fourth-order valence-electron chi connectivity index (χ4n) is 2.53. The lowest BCUT2D eigenvalue weighted by Gasteiger charge is -2.36. The molecule has 0 radical (unpaired) electrons. The number of hydrogen-bond donors (Lipinski definition) is 2. The fourth-order valence-corrected chi connectivity index (χ4v) is 2.53. The number of carbonyl (C=O) groups is 3. The second-order valence-electron chi connectivity index (χ2n) is 5.01. The van der Waals surface area contributed by atoms with Gasteiger partial charge < -0.3 is 15.3 Å². The minimum absolute atomic E-state index is 0.204. The molecule has 2 rings (SSSR count). The van der Waals surface area contributed by atoms with Crippen LogP contribution < -0.4 is 5.32 Å². The van der Waals surface area contributed by atoms with Gasteiger partial charge in [-0.15, -0.1) is 0 Å². The highest BCUT2D eigenvalue weighted by atomic mass is 16.4. The second kappa shape index (κ2) is 4.59. The lowest BCUT2D eigenvalue weighted by molar-refractivity contribution is -0.157.